The van der Waals surface area contributed by atoms with Crippen molar-refractivity contribution in [1.82, 2.24) is 0 Å². The Morgan fingerprint density at radius 3 is 0.692 bits per heavy atom. The van der Waals surface area contributed by atoms with Gasteiger partial charge in [0.2, 0.25) is 0 Å². The zero-order valence-electron chi connectivity index (χ0n) is 26.6. The minimum absolute atomic E-state index is 0.591. The highest BCUT2D eigenvalue weighted by molar-refractivity contribution is 5.00. The van der Waals surface area contributed by atoms with Gasteiger partial charge in [-0.3, -0.25) is 0 Å². The molecule has 0 aromatic heterocycles. The third-order valence-corrected chi connectivity index (χ3v) is 9.03. The molecule has 0 unspecified atom stereocenters. The fourth-order valence-corrected chi connectivity index (χ4v) is 6.42. The number of aliphatic hydroxyl groups is 8. The van der Waals surface area contributed by atoms with Crippen molar-refractivity contribution in [3.8, 4) is 0 Å². The number of aliphatic hydroxyl groups excluding tert-OH is 8. The van der Waals surface area contributed by atoms with Crippen LogP contribution in [0.25, 0.3) is 41.8 Å². The molecule has 8 bridgehead atoms. The van der Waals surface area contributed by atoms with Gasteiger partial charge in [-0.2, -0.15) is 0 Å². The molecule has 14 rings (SSSR count). The van der Waals surface area contributed by atoms with Gasteiger partial charge in [0, 0.05) is 19.6 Å². The standard InChI is InChI=1S/C24H36N12O16/c25-33-29-1-5-17-9(37)13(41)21(45-5)50-18-6(2-30-34-26)47-23(15(43)11(18)39)52-20-8(4-32-36-28)48-24(16(44)12(20)40)51-19-7(3-31-35-27)46-22(49-17)14(42)10(19)38/h5-24,37-44H,1-4H2/t5-,6-,7-,8-,9-,10-,11-,12-,13-,14-,15-,16-,17-,18-,19-,20-,21-,22-,23-,24-/m0/s1. The Morgan fingerprint density at radius 1 is 0.327 bits per heavy atom. The van der Waals surface area contributed by atoms with Crippen LogP contribution >= 0.6 is 0 Å². The number of hydrogen-bond acceptors (Lipinski definition) is 20. The molecule has 20 atom stereocenters. The summed E-state index contributed by atoms with van der Waals surface area (Å²) in [5.74, 6) is 0. The van der Waals surface area contributed by atoms with Gasteiger partial charge in [-0.05, 0) is 22.1 Å². The van der Waals surface area contributed by atoms with Gasteiger partial charge >= 0.3 is 0 Å². The summed E-state index contributed by atoms with van der Waals surface area (Å²) >= 11 is 0. The van der Waals surface area contributed by atoms with Crippen LogP contribution in [0.5, 0.6) is 0 Å². The van der Waals surface area contributed by atoms with Crippen molar-refractivity contribution in [1.29, 1.82) is 0 Å². The molecule has 8 N–H and O–H groups in total. The SMILES string of the molecule is [N-]=[N+]=NC[C@@H]1O[C@H]2O[C@@H]3[C@@H](O)[C@H](O)[C@H](O[C@@H]4[C@@H](O)[C@H](O)[C@H](O[C@@H]5[C@@H](O)[C@H](O)[C@H](O[C@@H]1[C@@H](O)[C@@H]2O)O[C@H]5CN=[N+]=[N-])O[C@H]4CN=[N+]=[N-])O[C@H]3CN=[N+]=[N-]. The predicted molar refractivity (Wildman–Crippen MR) is 158 cm³/mol. The van der Waals surface area contributed by atoms with E-state index in [0.29, 0.717) is 0 Å². The van der Waals surface area contributed by atoms with Crippen LogP contribution in [-0.2, 0) is 37.9 Å². The highest BCUT2D eigenvalue weighted by atomic mass is 16.8. The summed E-state index contributed by atoms with van der Waals surface area (Å²) in [5.41, 5.74) is 36.0. The predicted octanol–water partition coefficient (Wildman–Crippen LogP) is -3.43. The Hall–Kier alpha value is -3.40. The molecule has 14 aliphatic rings. The molecular formula is C24H36N12O16. The zero-order chi connectivity index (χ0) is 37.7. The van der Waals surface area contributed by atoms with Crippen molar-refractivity contribution < 1.29 is 78.7 Å². The molecule has 0 aliphatic carbocycles. The van der Waals surface area contributed by atoms with Crippen LogP contribution in [0.15, 0.2) is 20.5 Å². The summed E-state index contributed by atoms with van der Waals surface area (Å²) in [6.07, 6.45) is -36.5. The highest BCUT2D eigenvalue weighted by Crippen LogP contribution is 2.36. The third-order valence-electron chi connectivity index (χ3n) is 9.03. The van der Waals surface area contributed by atoms with Crippen molar-refractivity contribution in [3.63, 3.8) is 0 Å². The van der Waals surface area contributed by atoms with Crippen molar-refractivity contribution in [2.45, 2.75) is 123 Å². The summed E-state index contributed by atoms with van der Waals surface area (Å²) in [6.45, 7) is -2.36. The van der Waals surface area contributed by atoms with E-state index >= 15 is 0 Å². The number of rotatable bonds is 8. The summed E-state index contributed by atoms with van der Waals surface area (Å²) in [7, 11) is 0. The fourth-order valence-electron chi connectivity index (χ4n) is 6.42. The van der Waals surface area contributed by atoms with E-state index in [-0.39, 0.29) is 0 Å². The van der Waals surface area contributed by atoms with E-state index in [4.69, 9.17) is 60.0 Å². The van der Waals surface area contributed by atoms with E-state index in [2.05, 4.69) is 40.1 Å². The van der Waals surface area contributed by atoms with Gasteiger partial charge in [-0.25, -0.2) is 0 Å². The number of azide groups is 4. The van der Waals surface area contributed by atoms with E-state index in [0.717, 1.165) is 0 Å². The van der Waals surface area contributed by atoms with Gasteiger partial charge in [0.15, 0.2) is 25.2 Å². The second-order valence-corrected chi connectivity index (χ2v) is 12.2. The first-order valence-corrected chi connectivity index (χ1v) is 15.7. The van der Waals surface area contributed by atoms with E-state index in [1.165, 1.54) is 0 Å². The smallest absolute Gasteiger partial charge is 0.187 e. The summed E-state index contributed by atoms with van der Waals surface area (Å²) in [4.78, 5) is 10.6. The highest BCUT2D eigenvalue weighted by Gasteiger charge is 2.56. The lowest BCUT2D eigenvalue weighted by molar-refractivity contribution is -0.398. The normalized spacial score (nSPS) is 47.7. The molecule has 0 aromatic carbocycles. The molecule has 28 heteroatoms. The second kappa shape index (κ2) is 17.6. The molecule has 14 heterocycles. The summed E-state index contributed by atoms with van der Waals surface area (Å²) in [6, 6.07) is 0. The molecule has 0 aromatic rings. The van der Waals surface area contributed by atoms with Crippen molar-refractivity contribution in [3.05, 3.63) is 41.8 Å². The maximum atomic E-state index is 11.2. The molecule has 288 valence electrons. The molecule has 14 aliphatic heterocycles. The van der Waals surface area contributed by atoms with Crippen LogP contribution in [-0.4, -0.2) is 190 Å². The van der Waals surface area contributed by atoms with Crippen molar-refractivity contribution in [2.75, 3.05) is 26.2 Å². The van der Waals surface area contributed by atoms with E-state index < -0.39 is 149 Å². The van der Waals surface area contributed by atoms with Crippen molar-refractivity contribution >= 4 is 0 Å². The molecule has 14 fully saturated rings. The molecule has 0 amide bonds. The van der Waals surface area contributed by atoms with Crippen LogP contribution in [0.1, 0.15) is 0 Å². The Morgan fingerprint density at radius 2 is 0.519 bits per heavy atom. The number of hydrogen-bond donors (Lipinski definition) is 8. The van der Waals surface area contributed by atoms with E-state index in [9.17, 15) is 40.9 Å². The second-order valence-electron chi connectivity index (χ2n) is 12.2. The lowest BCUT2D eigenvalue weighted by atomic mass is 9.94. The van der Waals surface area contributed by atoms with E-state index in [1.807, 2.05) is 0 Å². The molecular weight excluding hydrogens is 712 g/mol. The van der Waals surface area contributed by atoms with Crippen LogP contribution in [0.4, 0.5) is 0 Å². The average molecular weight is 749 g/mol. The van der Waals surface area contributed by atoms with Gasteiger partial charge in [0.25, 0.3) is 0 Å². The molecule has 14 saturated heterocycles. The average Bonchev–Trinajstić information content (AvgIpc) is 3.13. The first-order valence-electron chi connectivity index (χ1n) is 15.7. The Balaban J connectivity index is 1.58. The van der Waals surface area contributed by atoms with Gasteiger partial charge in [0.1, 0.15) is 73.2 Å². The molecule has 0 saturated carbocycles. The molecule has 0 spiro atoms. The van der Waals surface area contributed by atoms with Gasteiger partial charge in [-0.1, -0.05) is 20.5 Å². The lowest BCUT2D eigenvalue weighted by Crippen LogP contribution is -2.69. The van der Waals surface area contributed by atoms with Crippen molar-refractivity contribution in [2.24, 2.45) is 20.5 Å². The third kappa shape index (κ3) is 8.22. The zero-order valence-corrected chi connectivity index (χ0v) is 26.6. The lowest BCUT2D eigenvalue weighted by Gasteiger charge is -2.51. The first kappa shape index (κ1) is 39.8. The molecule has 0 radical (unpaired) electrons. The number of nitrogens with zero attached hydrogens (tertiary/aromatic N) is 12. The minimum Gasteiger partial charge on any atom is -0.387 e. The Labute approximate surface area is 290 Å². The van der Waals surface area contributed by atoms with Crippen LogP contribution in [0.3, 0.4) is 0 Å². The summed E-state index contributed by atoms with van der Waals surface area (Å²) < 4.78 is 46.2. The maximum absolute atomic E-state index is 11.2. The quantitative estimate of drug-likeness (QED) is 0.0680. The molecule has 28 nitrogen and oxygen atoms in total. The number of ether oxygens (including phenoxy) is 8. The topological polar surface area (TPSA) is 431 Å². The van der Waals surface area contributed by atoms with Crippen LogP contribution in [0.2, 0.25) is 0 Å². The van der Waals surface area contributed by atoms with Gasteiger partial charge in [0.05, 0.1) is 50.6 Å². The van der Waals surface area contributed by atoms with Gasteiger partial charge in [-0.15, -0.1) is 0 Å². The largest absolute Gasteiger partial charge is 0.387 e. The fraction of sp³-hybridized carbons (Fsp3) is 1.00. The maximum Gasteiger partial charge on any atom is 0.187 e. The Kier molecular flexibility index (Phi) is 13.5. The minimum atomic E-state index is -2.04. The summed E-state index contributed by atoms with van der Waals surface area (Å²) in [5, 5.41) is 103. The first-order chi connectivity index (χ1) is 24.9. The monoisotopic (exact) mass is 748 g/mol. The molecule has 52 heavy (non-hydrogen) atoms. The van der Waals surface area contributed by atoms with Crippen LogP contribution in [0, 0.1) is 0 Å². The van der Waals surface area contributed by atoms with Crippen LogP contribution < -0.4 is 0 Å². The Bertz CT molecular complexity index is 1230. The van der Waals surface area contributed by atoms with E-state index in [1.54, 1.807) is 0 Å². The van der Waals surface area contributed by atoms with Gasteiger partial charge < -0.3 is 78.7 Å².